The summed E-state index contributed by atoms with van der Waals surface area (Å²) < 4.78 is 16.4. The van der Waals surface area contributed by atoms with Gasteiger partial charge in [-0.2, -0.15) is 0 Å². The van der Waals surface area contributed by atoms with Gasteiger partial charge in [0.2, 0.25) is 5.78 Å². The van der Waals surface area contributed by atoms with Gasteiger partial charge in [-0.3, -0.25) is 14.4 Å². The lowest BCUT2D eigenvalue weighted by Crippen LogP contribution is -2.37. The maximum Gasteiger partial charge on any atom is 0.410 e. The molecule has 2 amide bonds. The van der Waals surface area contributed by atoms with Crippen LogP contribution in [-0.4, -0.2) is 90.5 Å². The van der Waals surface area contributed by atoms with Crippen LogP contribution < -0.4 is 4.74 Å². The second-order valence-electron chi connectivity index (χ2n) is 14.4. The summed E-state index contributed by atoms with van der Waals surface area (Å²) >= 11 is 0. The maximum absolute atomic E-state index is 13.5. The summed E-state index contributed by atoms with van der Waals surface area (Å²) in [5.74, 6) is -2.99. The Labute approximate surface area is 319 Å². The Balaban J connectivity index is 0.986. The molecule has 55 heavy (non-hydrogen) atoms. The summed E-state index contributed by atoms with van der Waals surface area (Å²) in [6, 6.07) is 22.4. The topological polar surface area (TPSA) is 160 Å². The quantitative estimate of drug-likeness (QED) is 0.140. The van der Waals surface area contributed by atoms with Crippen molar-refractivity contribution < 1.29 is 48.4 Å². The van der Waals surface area contributed by atoms with E-state index in [1.807, 2.05) is 68.4 Å². The van der Waals surface area contributed by atoms with Crippen molar-refractivity contribution in [2.45, 2.75) is 45.1 Å². The van der Waals surface area contributed by atoms with Crippen molar-refractivity contribution in [2.75, 3.05) is 40.9 Å². The van der Waals surface area contributed by atoms with Crippen LogP contribution in [0.5, 0.6) is 17.2 Å². The highest BCUT2D eigenvalue weighted by molar-refractivity contribution is 6.31. The zero-order chi connectivity index (χ0) is 39.6. The van der Waals surface area contributed by atoms with E-state index in [0.717, 1.165) is 16.7 Å². The number of amides is 2. The molecule has 2 N–H and O–H groups in total. The minimum Gasteiger partial charge on any atom is -0.507 e. The van der Waals surface area contributed by atoms with E-state index in [1.165, 1.54) is 36.1 Å². The Morgan fingerprint density at radius 3 is 2.05 bits per heavy atom. The fourth-order valence-corrected chi connectivity index (χ4v) is 7.22. The highest BCUT2D eigenvalue weighted by Crippen LogP contribution is 2.47. The molecule has 0 unspecified atom stereocenters. The predicted molar refractivity (Wildman–Crippen MR) is 203 cm³/mol. The van der Waals surface area contributed by atoms with E-state index >= 15 is 0 Å². The molecular formula is C43H44N2O10. The summed E-state index contributed by atoms with van der Waals surface area (Å²) in [5, 5.41) is 22.5. The molecule has 0 aromatic heterocycles. The van der Waals surface area contributed by atoms with Gasteiger partial charge in [-0.25, -0.2) is 9.59 Å². The number of benzene rings is 4. The Morgan fingerprint density at radius 1 is 0.764 bits per heavy atom. The van der Waals surface area contributed by atoms with Gasteiger partial charge in [-0.05, 0) is 62.3 Å². The van der Waals surface area contributed by atoms with Crippen molar-refractivity contribution >= 4 is 29.5 Å². The molecule has 0 bridgehead atoms. The van der Waals surface area contributed by atoms with Gasteiger partial charge in [0, 0.05) is 49.8 Å². The minimum absolute atomic E-state index is 0.0150. The van der Waals surface area contributed by atoms with Crippen molar-refractivity contribution in [3.8, 4) is 28.4 Å². The lowest BCUT2D eigenvalue weighted by atomic mass is 9.75. The van der Waals surface area contributed by atoms with Gasteiger partial charge in [0.25, 0.3) is 0 Å². The molecule has 12 nitrogen and oxygen atoms in total. The molecule has 1 atom stereocenters. The molecule has 286 valence electrons. The lowest BCUT2D eigenvalue weighted by Gasteiger charge is -2.29. The number of Topliss-reactive ketones (excluding diaryl/α,β-unsaturated/α-hetero) is 1. The average molecular weight is 749 g/mol. The number of fused-ring (bicyclic) bond motifs is 3. The largest absolute Gasteiger partial charge is 0.507 e. The predicted octanol–water partition coefficient (Wildman–Crippen LogP) is 6.69. The van der Waals surface area contributed by atoms with Crippen LogP contribution >= 0.6 is 0 Å². The van der Waals surface area contributed by atoms with Crippen molar-refractivity contribution in [3.05, 3.63) is 112 Å². The molecule has 0 spiro atoms. The molecule has 0 saturated carbocycles. The monoisotopic (exact) mass is 748 g/mol. The molecule has 4 aromatic carbocycles. The maximum atomic E-state index is 13.5. The fraction of sp³-hybridized carbons (Fsp3) is 0.326. The third-order valence-electron chi connectivity index (χ3n) is 10.5. The summed E-state index contributed by atoms with van der Waals surface area (Å²) in [7, 11) is 4.52. The summed E-state index contributed by atoms with van der Waals surface area (Å²) in [4.78, 5) is 68.7. The highest BCUT2D eigenvalue weighted by atomic mass is 16.6. The third kappa shape index (κ3) is 7.62. The first-order chi connectivity index (χ1) is 26.2. The lowest BCUT2D eigenvalue weighted by molar-refractivity contribution is -0.126. The van der Waals surface area contributed by atoms with E-state index < -0.39 is 53.4 Å². The van der Waals surface area contributed by atoms with Crippen molar-refractivity contribution in [3.63, 3.8) is 0 Å². The van der Waals surface area contributed by atoms with Gasteiger partial charge in [-0.15, -0.1) is 0 Å². The van der Waals surface area contributed by atoms with E-state index in [1.54, 1.807) is 13.1 Å². The zero-order valence-corrected chi connectivity index (χ0v) is 31.5. The van der Waals surface area contributed by atoms with Crippen LogP contribution in [0.2, 0.25) is 0 Å². The Morgan fingerprint density at radius 2 is 1.38 bits per heavy atom. The van der Waals surface area contributed by atoms with Crippen molar-refractivity contribution in [1.29, 1.82) is 0 Å². The molecule has 0 radical (unpaired) electrons. The van der Waals surface area contributed by atoms with Gasteiger partial charge in [0.15, 0.2) is 18.2 Å². The molecule has 0 saturated heterocycles. The molecule has 0 fully saturated rings. The van der Waals surface area contributed by atoms with Crippen LogP contribution in [0.3, 0.4) is 0 Å². The number of aromatic hydroxyl groups is 2. The second-order valence-corrected chi connectivity index (χ2v) is 14.4. The molecule has 0 aliphatic heterocycles. The van der Waals surface area contributed by atoms with Crippen molar-refractivity contribution in [1.82, 2.24) is 9.80 Å². The summed E-state index contributed by atoms with van der Waals surface area (Å²) in [6.45, 7) is 3.68. The smallest absolute Gasteiger partial charge is 0.410 e. The normalized spacial score (nSPS) is 14.6. The van der Waals surface area contributed by atoms with Crippen LogP contribution in [0.4, 0.5) is 9.59 Å². The Hall–Kier alpha value is -6.17. The van der Waals surface area contributed by atoms with Crippen LogP contribution in [0.1, 0.15) is 75.2 Å². The number of rotatable bonds is 11. The number of carbonyl (C=O) groups is 5. The Bertz CT molecular complexity index is 2160. The van der Waals surface area contributed by atoms with Crippen LogP contribution in [-0.2, 0) is 32.7 Å². The number of hydrogen-bond acceptors (Lipinski definition) is 10. The molecular weight excluding hydrogens is 704 g/mol. The second kappa shape index (κ2) is 15.7. The van der Waals surface area contributed by atoms with Gasteiger partial charge < -0.3 is 34.2 Å². The number of phenolic OH excluding ortho intramolecular Hbond substituents is 2. The zero-order valence-electron chi connectivity index (χ0n) is 31.5. The third-order valence-corrected chi connectivity index (χ3v) is 10.5. The van der Waals surface area contributed by atoms with E-state index in [9.17, 15) is 34.2 Å². The highest BCUT2D eigenvalue weighted by Gasteiger charge is 2.41. The first kappa shape index (κ1) is 38.6. The molecule has 0 heterocycles. The molecule has 12 heteroatoms. The number of methoxy groups -OCH3 is 1. The number of hydrogen-bond donors (Lipinski definition) is 2. The fourth-order valence-electron chi connectivity index (χ4n) is 7.22. The number of nitrogens with zero attached hydrogens (tertiary/aromatic N) is 2. The van der Waals surface area contributed by atoms with E-state index in [4.69, 9.17) is 14.2 Å². The molecule has 4 aromatic rings. The molecule has 6 rings (SSSR count). The minimum atomic E-state index is -0.885. The van der Waals surface area contributed by atoms with E-state index in [0.29, 0.717) is 18.5 Å². The van der Waals surface area contributed by atoms with Crippen LogP contribution in [0.25, 0.3) is 11.1 Å². The van der Waals surface area contributed by atoms with Crippen LogP contribution in [0.15, 0.2) is 72.8 Å². The first-order valence-electron chi connectivity index (χ1n) is 18.1. The van der Waals surface area contributed by atoms with Gasteiger partial charge in [0.1, 0.15) is 22.8 Å². The summed E-state index contributed by atoms with van der Waals surface area (Å²) in [6.07, 6.45) is -0.405. The van der Waals surface area contributed by atoms with E-state index in [-0.39, 0.29) is 65.2 Å². The van der Waals surface area contributed by atoms with Crippen LogP contribution in [0, 0.1) is 5.92 Å². The van der Waals surface area contributed by atoms with E-state index in [2.05, 4.69) is 0 Å². The van der Waals surface area contributed by atoms with Gasteiger partial charge in [0.05, 0.1) is 23.8 Å². The molecule has 2 aliphatic carbocycles. The number of carbonyl (C=O) groups excluding carboxylic acids is 5. The number of phenols is 2. The average Bonchev–Trinajstić information content (AvgIpc) is 3.19. The van der Waals surface area contributed by atoms with Gasteiger partial charge in [-0.1, -0.05) is 66.7 Å². The van der Waals surface area contributed by atoms with Crippen molar-refractivity contribution in [2.24, 2.45) is 5.92 Å². The SMILES string of the molecule is COc1cccc2c1C(=O)c1c(O)c3c(c(O)c1C2=O)C[C@@H](C(=O)COC(=O)N(C)CCCN(C)C(=O)OC(C)(C)c1ccc(-c2ccccc2)cc1)CC3. The number of ketones is 3. The number of ether oxygens (including phenoxy) is 3. The van der Waals surface area contributed by atoms with Gasteiger partial charge >= 0.3 is 12.2 Å². The standard InChI is InChI=1S/C43H44N2O10/c1-43(2,28-18-15-26(16-19-28)25-11-7-6-8-12-25)55-42(52)45(4)22-10-21-44(3)41(51)54-24-32(46)27-17-20-29-31(23-27)39(49)35-36(37(29)47)40(50)34-30(38(35)48)13-9-14-33(34)53-5/h6-9,11-16,18-19,27,47,49H,10,17,20-24H2,1-5H3/t27-/m0/s1. The first-order valence-corrected chi connectivity index (χ1v) is 18.1. The molecule has 2 aliphatic rings. The Kier molecular flexibility index (Phi) is 11.0. The summed E-state index contributed by atoms with van der Waals surface area (Å²) in [5.41, 5.74) is 2.09.